The molecule has 12 heteroatoms. The highest BCUT2D eigenvalue weighted by atomic mass is 35.5. The molecule has 51 heavy (non-hydrogen) atoms. The van der Waals surface area contributed by atoms with Gasteiger partial charge in [0.2, 0.25) is 0 Å². The second-order valence-electron chi connectivity index (χ2n) is 12.2. The van der Waals surface area contributed by atoms with Gasteiger partial charge < -0.3 is 18.4 Å². The first kappa shape index (κ1) is 33.7. The second-order valence-corrected chi connectivity index (χ2v) is 15.1. The molecule has 4 aromatic carbocycles. The molecule has 0 spiro atoms. The van der Waals surface area contributed by atoms with Crippen molar-refractivity contribution >= 4 is 68.5 Å². The predicted octanol–water partition coefficient (Wildman–Crippen LogP) is 10.9. The lowest BCUT2D eigenvalue weighted by Crippen LogP contribution is -2.03. The Morgan fingerprint density at radius 1 is 0.686 bits per heavy atom. The van der Waals surface area contributed by atoms with Gasteiger partial charge in [0.15, 0.2) is 0 Å². The largest absolute Gasteiger partial charge is 0.410 e. The number of aryl methyl sites for hydroxylation is 3. The lowest BCUT2D eigenvalue weighted by atomic mass is 10.1. The Morgan fingerprint density at radius 2 is 1.31 bits per heavy atom. The highest BCUT2D eigenvalue weighted by molar-refractivity contribution is 7.99. The van der Waals surface area contributed by atoms with Crippen LogP contribution in [0, 0.1) is 6.92 Å². The molecule has 1 N–H and O–H groups in total. The van der Waals surface area contributed by atoms with Crippen molar-refractivity contribution in [2.24, 2.45) is 0 Å². The van der Waals surface area contributed by atoms with Crippen LogP contribution in [-0.4, -0.2) is 41.5 Å². The number of nitrogens with one attached hydrogen (secondary N) is 1. The van der Waals surface area contributed by atoms with E-state index in [1.54, 1.807) is 23.5 Å². The third-order valence-electron chi connectivity index (χ3n) is 8.83. The molecule has 0 bridgehead atoms. The van der Waals surface area contributed by atoms with Crippen LogP contribution in [0.2, 0.25) is 10.0 Å². The number of benzene rings is 4. The van der Waals surface area contributed by atoms with Crippen molar-refractivity contribution in [3.63, 3.8) is 0 Å². The Kier molecular flexibility index (Phi) is 9.91. The Hall–Kier alpha value is -4.48. The van der Waals surface area contributed by atoms with Crippen molar-refractivity contribution in [2.45, 2.75) is 43.2 Å². The number of aromatic amines is 1. The SMILES string of the molecule is Cc1c(-c2nnc(SCCc3ccccc3)o2)n(Cc2c(-c3nnc(SCCCc4ccccc4)o3)[nH]c3ccc(Cl)cc23)c2ccc(Cl)cc12. The quantitative estimate of drug-likeness (QED) is 0.0918. The number of hydrogen-bond acceptors (Lipinski definition) is 8. The summed E-state index contributed by atoms with van der Waals surface area (Å²) in [6.07, 6.45) is 2.89. The molecule has 0 atom stereocenters. The standard InChI is InChI=1S/C39H32Cl2N6O2S2/c1-24-29-21-28(41)15-17-33(29)47(35(24)37-44-46-39(49-37)51-20-18-26-11-6-3-7-12-26)23-31-30-22-27(40)14-16-32(30)42-34(31)36-43-45-38(48-36)50-19-8-13-25-9-4-2-5-10-25/h2-7,9-12,14-17,21-22,42H,8,13,18-20,23H2,1H3. The summed E-state index contributed by atoms with van der Waals surface area (Å²) in [4.78, 5) is 3.54. The van der Waals surface area contributed by atoms with Gasteiger partial charge in [0.25, 0.3) is 22.2 Å². The minimum absolute atomic E-state index is 0.413. The minimum atomic E-state index is 0.413. The number of halogens is 2. The molecule has 4 aromatic heterocycles. The number of aromatic nitrogens is 6. The first-order chi connectivity index (χ1) is 25.0. The van der Waals surface area contributed by atoms with Crippen LogP contribution in [0.1, 0.15) is 28.7 Å². The molecule has 0 saturated carbocycles. The van der Waals surface area contributed by atoms with Crippen LogP contribution in [0.3, 0.4) is 0 Å². The molecule has 0 aliphatic heterocycles. The molecular formula is C39H32Cl2N6O2S2. The van der Waals surface area contributed by atoms with E-state index in [1.807, 2.05) is 48.5 Å². The van der Waals surface area contributed by atoms with E-state index in [4.69, 9.17) is 32.0 Å². The van der Waals surface area contributed by atoms with Crippen LogP contribution in [0.15, 0.2) is 116 Å². The maximum absolute atomic E-state index is 6.57. The van der Waals surface area contributed by atoms with Crippen molar-refractivity contribution in [1.29, 1.82) is 0 Å². The molecule has 0 aliphatic carbocycles. The molecule has 0 unspecified atom stereocenters. The van der Waals surface area contributed by atoms with Crippen molar-refractivity contribution in [3.05, 3.63) is 129 Å². The molecule has 0 aliphatic rings. The van der Waals surface area contributed by atoms with Crippen LogP contribution >= 0.6 is 46.7 Å². The van der Waals surface area contributed by atoms with Crippen molar-refractivity contribution in [1.82, 2.24) is 29.9 Å². The van der Waals surface area contributed by atoms with Gasteiger partial charge in [0, 0.05) is 48.9 Å². The van der Waals surface area contributed by atoms with Gasteiger partial charge in [-0.3, -0.25) is 0 Å². The Bertz CT molecular complexity index is 2440. The normalized spacial score (nSPS) is 11.7. The van der Waals surface area contributed by atoms with Crippen molar-refractivity contribution in [3.8, 4) is 23.2 Å². The topological polar surface area (TPSA) is 98.6 Å². The van der Waals surface area contributed by atoms with E-state index in [-0.39, 0.29) is 0 Å². The molecule has 256 valence electrons. The van der Waals surface area contributed by atoms with Crippen LogP contribution in [0.5, 0.6) is 0 Å². The highest BCUT2D eigenvalue weighted by Gasteiger charge is 2.25. The minimum Gasteiger partial charge on any atom is -0.410 e. The first-order valence-corrected chi connectivity index (χ1v) is 19.3. The van der Waals surface area contributed by atoms with Crippen LogP contribution in [0.4, 0.5) is 0 Å². The number of nitrogens with zero attached hydrogens (tertiary/aromatic N) is 5. The van der Waals surface area contributed by atoms with E-state index in [0.29, 0.717) is 38.8 Å². The second kappa shape index (κ2) is 15.0. The van der Waals surface area contributed by atoms with Crippen LogP contribution < -0.4 is 0 Å². The monoisotopic (exact) mass is 750 g/mol. The Morgan fingerprint density at radius 3 is 2.06 bits per heavy atom. The van der Waals surface area contributed by atoms with E-state index in [2.05, 4.69) is 85.4 Å². The third kappa shape index (κ3) is 7.32. The Balaban J connectivity index is 1.12. The zero-order chi connectivity index (χ0) is 34.7. The number of thioether (sulfide) groups is 2. The van der Waals surface area contributed by atoms with Gasteiger partial charge in [-0.2, -0.15) is 0 Å². The highest BCUT2D eigenvalue weighted by Crippen LogP contribution is 2.39. The molecule has 8 nitrogen and oxygen atoms in total. The maximum atomic E-state index is 6.57. The van der Waals surface area contributed by atoms with Gasteiger partial charge in [-0.1, -0.05) is 107 Å². The van der Waals surface area contributed by atoms with Gasteiger partial charge >= 0.3 is 0 Å². The summed E-state index contributed by atoms with van der Waals surface area (Å²) in [5.41, 5.74) is 7.96. The summed E-state index contributed by atoms with van der Waals surface area (Å²) in [5.74, 6) is 2.53. The van der Waals surface area contributed by atoms with Crippen LogP contribution in [-0.2, 0) is 19.4 Å². The first-order valence-electron chi connectivity index (χ1n) is 16.6. The van der Waals surface area contributed by atoms with Crippen molar-refractivity contribution < 1.29 is 8.83 Å². The zero-order valence-corrected chi connectivity index (χ0v) is 30.8. The molecular weight excluding hydrogens is 720 g/mol. The molecule has 8 aromatic rings. The fraction of sp³-hybridized carbons (Fsp3) is 0.179. The molecule has 8 rings (SSSR count). The van der Waals surface area contributed by atoms with Gasteiger partial charge in [-0.15, -0.1) is 20.4 Å². The summed E-state index contributed by atoms with van der Waals surface area (Å²) >= 11 is 16.2. The van der Waals surface area contributed by atoms with E-state index in [9.17, 15) is 0 Å². The third-order valence-corrected chi connectivity index (χ3v) is 11.0. The summed E-state index contributed by atoms with van der Waals surface area (Å²) < 4.78 is 14.8. The van der Waals surface area contributed by atoms with Gasteiger partial charge in [0.1, 0.15) is 11.4 Å². The molecule has 0 saturated heterocycles. The summed E-state index contributed by atoms with van der Waals surface area (Å²) in [6, 6.07) is 32.6. The zero-order valence-electron chi connectivity index (χ0n) is 27.6. The van der Waals surface area contributed by atoms with E-state index < -0.39 is 0 Å². The van der Waals surface area contributed by atoms with E-state index in [1.165, 1.54) is 11.1 Å². The van der Waals surface area contributed by atoms with E-state index >= 15 is 0 Å². The van der Waals surface area contributed by atoms with E-state index in [0.717, 1.165) is 75.1 Å². The fourth-order valence-electron chi connectivity index (χ4n) is 6.37. The average Bonchev–Trinajstić information content (AvgIpc) is 3.94. The van der Waals surface area contributed by atoms with Gasteiger partial charge in [-0.25, -0.2) is 0 Å². The molecule has 0 fully saturated rings. The lowest BCUT2D eigenvalue weighted by Gasteiger charge is -2.10. The number of H-pyrrole nitrogens is 1. The number of fused-ring (bicyclic) bond motifs is 2. The lowest BCUT2D eigenvalue weighted by molar-refractivity contribution is 0.462. The molecule has 0 amide bonds. The summed E-state index contributed by atoms with van der Waals surface area (Å²) in [7, 11) is 0. The summed E-state index contributed by atoms with van der Waals surface area (Å²) in [5, 5.41) is 22.1. The van der Waals surface area contributed by atoms with Crippen molar-refractivity contribution in [2.75, 3.05) is 11.5 Å². The molecule has 0 radical (unpaired) electrons. The average molecular weight is 752 g/mol. The summed E-state index contributed by atoms with van der Waals surface area (Å²) in [6.45, 7) is 2.49. The number of hydrogen-bond donors (Lipinski definition) is 1. The van der Waals surface area contributed by atoms with Crippen LogP contribution in [0.25, 0.3) is 45.0 Å². The predicted molar refractivity (Wildman–Crippen MR) is 207 cm³/mol. The van der Waals surface area contributed by atoms with Gasteiger partial charge in [0.05, 0.1) is 6.54 Å². The maximum Gasteiger partial charge on any atom is 0.276 e. The number of rotatable bonds is 13. The molecule has 4 heterocycles. The Labute approximate surface area is 313 Å². The van der Waals surface area contributed by atoms with Gasteiger partial charge in [-0.05, 0) is 79.3 Å². The fourth-order valence-corrected chi connectivity index (χ4v) is 8.17. The smallest absolute Gasteiger partial charge is 0.276 e.